The molecule has 0 amide bonds. The molecule has 3 N–H and O–H groups in total. The van der Waals surface area contributed by atoms with Crippen LogP contribution in [-0.2, 0) is 0 Å². The normalized spacial score (nSPS) is 16.0. The molecule has 9 heteroatoms. The molecule has 1 aromatic heterocycles. The maximum Gasteiger partial charge on any atom is 0.586 e. The van der Waals surface area contributed by atoms with Gasteiger partial charge in [-0.15, -0.1) is 8.78 Å². The van der Waals surface area contributed by atoms with Crippen LogP contribution in [-0.4, -0.2) is 28.4 Å². The van der Waals surface area contributed by atoms with Crippen molar-refractivity contribution in [2.45, 2.75) is 19.3 Å². The standard InChI is InChI=1S/C14H13BF2N2O4/c1-8(19-13-7-10(15(20)21)4-5-18-13)9-2-3-11-12(6-9)23-14(16,17)22-11/h2-8,20-21H,1H3,(H,18,19)/t8-/m0/s1. The maximum atomic E-state index is 13.0. The summed E-state index contributed by atoms with van der Waals surface area (Å²) in [5.74, 6) is 0.370. The molecule has 2 heterocycles. The van der Waals surface area contributed by atoms with Gasteiger partial charge in [0.2, 0.25) is 0 Å². The smallest absolute Gasteiger partial charge is 0.423 e. The van der Waals surface area contributed by atoms with Gasteiger partial charge in [0.05, 0.1) is 6.04 Å². The van der Waals surface area contributed by atoms with E-state index in [-0.39, 0.29) is 17.5 Å². The first-order valence-corrected chi connectivity index (χ1v) is 6.82. The molecule has 0 saturated heterocycles. The summed E-state index contributed by atoms with van der Waals surface area (Å²) in [6.45, 7) is 1.80. The van der Waals surface area contributed by atoms with E-state index in [1.807, 2.05) is 0 Å². The lowest BCUT2D eigenvalue weighted by Gasteiger charge is -2.16. The van der Waals surface area contributed by atoms with Gasteiger partial charge in [0.25, 0.3) is 0 Å². The first kappa shape index (κ1) is 15.5. The molecule has 0 fully saturated rings. The monoisotopic (exact) mass is 322 g/mol. The summed E-state index contributed by atoms with van der Waals surface area (Å²) < 4.78 is 34.8. The second kappa shape index (κ2) is 5.67. The van der Waals surface area contributed by atoms with E-state index in [1.54, 1.807) is 13.0 Å². The third kappa shape index (κ3) is 3.35. The number of nitrogens with zero attached hydrogens (tertiary/aromatic N) is 1. The number of anilines is 1. The molecule has 6 nitrogen and oxygen atoms in total. The lowest BCUT2D eigenvalue weighted by molar-refractivity contribution is -0.286. The van der Waals surface area contributed by atoms with Crippen LogP contribution in [0.3, 0.4) is 0 Å². The summed E-state index contributed by atoms with van der Waals surface area (Å²) in [4.78, 5) is 4.07. The Morgan fingerprint density at radius 3 is 2.65 bits per heavy atom. The minimum absolute atomic E-state index is 0.0190. The Labute approximate surface area is 130 Å². The number of ether oxygens (including phenoxy) is 2. The van der Waals surface area contributed by atoms with Crippen molar-refractivity contribution in [3.05, 3.63) is 42.1 Å². The van der Waals surface area contributed by atoms with E-state index in [4.69, 9.17) is 10.0 Å². The molecule has 0 saturated carbocycles. The number of rotatable bonds is 4. The zero-order chi connectivity index (χ0) is 16.6. The van der Waals surface area contributed by atoms with Crippen LogP contribution >= 0.6 is 0 Å². The number of hydrogen-bond acceptors (Lipinski definition) is 6. The van der Waals surface area contributed by atoms with E-state index in [0.29, 0.717) is 16.8 Å². The van der Waals surface area contributed by atoms with Crippen molar-refractivity contribution in [1.82, 2.24) is 4.98 Å². The third-order valence-electron chi connectivity index (χ3n) is 3.37. The van der Waals surface area contributed by atoms with Crippen LogP contribution in [0.25, 0.3) is 0 Å². The Hall–Kier alpha value is -2.39. The van der Waals surface area contributed by atoms with Gasteiger partial charge in [0.1, 0.15) is 5.82 Å². The van der Waals surface area contributed by atoms with Gasteiger partial charge < -0.3 is 24.8 Å². The van der Waals surface area contributed by atoms with Crippen LogP contribution in [0.4, 0.5) is 14.6 Å². The molecule has 1 aliphatic heterocycles. The lowest BCUT2D eigenvalue weighted by Crippen LogP contribution is -2.30. The average molecular weight is 322 g/mol. The molecule has 1 atom stereocenters. The molecular formula is C14H13BF2N2O4. The predicted molar refractivity (Wildman–Crippen MR) is 78.7 cm³/mol. The molecule has 0 radical (unpaired) electrons. The van der Waals surface area contributed by atoms with Gasteiger partial charge in [0.15, 0.2) is 11.5 Å². The van der Waals surface area contributed by atoms with Crippen LogP contribution in [0.15, 0.2) is 36.5 Å². The maximum absolute atomic E-state index is 13.0. The van der Waals surface area contributed by atoms with Crippen LogP contribution < -0.4 is 20.3 Å². The molecule has 0 bridgehead atoms. The fourth-order valence-corrected chi connectivity index (χ4v) is 2.23. The Morgan fingerprint density at radius 1 is 1.17 bits per heavy atom. The van der Waals surface area contributed by atoms with Crippen molar-refractivity contribution in [1.29, 1.82) is 0 Å². The molecule has 2 aromatic rings. The van der Waals surface area contributed by atoms with E-state index >= 15 is 0 Å². The van der Waals surface area contributed by atoms with Gasteiger partial charge >= 0.3 is 13.4 Å². The molecule has 0 aliphatic carbocycles. The average Bonchev–Trinajstić information content (AvgIpc) is 2.80. The minimum atomic E-state index is -3.65. The molecule has 1 aromatic carbocycles. The third-order valence-corrected chi connectivity index (χ3v) is 3.37. The fourth-order valence-electron chi connectivity index (χ4n) is 2.23. The summed E-state index contributed by atoms with van der Waals surface area (Å²) >= 11 is 0. The highest BCUT2D eigenvalue weighted by atomic mass is 19.3. The van der Waals surface area contributed by atoms with Gasteiger partial charge in [0, 0.05) is 6.20 Å². The number of nitrogens with one attached hydrogen (secondary N) is 1. The van der Waals surface area contributed by atoms with Crippen LogP contribution in [0.1, 0.15) is 18.5 Å². The highest BCUT2D eigenvalue weighted by Crippen LogP contribution is 2.42. The molecule has 23 heavy (non-hydrogen) atoms. The largest absolute Gasteiger partial charge is 0.586 e. The second-order valence-corrected chi connectivity index (χ2v) is 5.09. The van der Waals surface area contributed by atoms with Crippen LogP contribution in [0, 0.1) is 0 Å². The number of halogens is 2. The van der Waals surface area contributed by atoms with E-state index in [9.17, 15) is 8.78 Å². The van der Waals surface area contributed by atoms with Crippen molar-refractivity contribution in [2.75, 3.05) is 5.32 Å². The van der Waals surface area contributed by atoms with Crippen LogP contribution in [0.2, 0.25) is 0 Å². The predicted octanol–water partition coefficient (Wildman–Crippen LogP) is 1.26. The van der Waals surface area contributed by atoms with Crippen molar-refractivity contribution >= 4 is 18.4 Å². The summed E-state index contributed by atoms with van der Waals surface area (Å²) in [5, 5.41) is 21.4. The zero-order valence-corrected chi connectivity index (χ0v) is 12.0. The molecule has 120 valence electrons. The second-order valence-electron chi connectivity index (χ2n) is 5.09. The molecule has 3 rings (SSSR count). The topological polar surface area (TPSA) is 83.8 Å². The minimum Gasteiger partial charge on any atom is -0.423 e. The van der Waals surface area contributed by atoms with Gasteiger partial charge in [-0.25, -0.2) is 4.98 Å². The Morgan fingerprint density at radius 2 is 1.91 bits per heavy atom. The number of fused-ring (bicyclic) bond motifs is 1. The highest BCUT2D eigenvalue weighted by Gasteiger charge is 2.43. The van der Waals surface area contributed by atoms with Gasteiger partial charge in [-0.3, -0.25) is 0 Å². The van der Waals surface area contributed by atoms with Crippen molar-refractivity contribution < 1.29 is 28.3 Å². The number of hydrogen-bond donors (Lipinski definition) is 3. The summed E-state index contributed by atoms with van der Waals surface area (Å²) in [6, 6.07) is 7.18. The van der Waals surface area contributed by atoms with Crippen molar-refractivity contribution in [3.63, 3.8) is 0 Å². The fraction of sp³-hybridized carbons (Fsp3) is 0.214. The summed E-state index contributed by atoms with van der Waals surface area (Å²) in [5.41, 5.74) is 0.974. The van der Waals surface area contributed by atoms with E-state index in [2.05, 4.69) is 19.8 Å². The Bertz CT molecular complexity index is 730. The summed E-state index contributed by atoms with van der Waals surface area (Å²) in [6.07, 6.45) is -2.21. The SMILES string of the molecule is C[C@H](Nc1cc(B(O)O)ccn1)c1ccc2c(c1)OC(F)(F)O2. The Kier molecular flexibility index (Phi) is 3.82. The van der Waals surface area contributed by atoms with E-state index < -0.39 is 13.4 Å². The molecule has 1 aliphatic rings. The molecule has 0 unspecified atom stereocenters. The Balaban J connectivity index is 1.77. The van der Waals surface area contributed by atoms with E-state index in [0.717, 1.165) is 0 Å². The molecular weight excluding hydrogens is 309 g/mol. The van der Waals surface area contributed by atoms with Gasteiger partial charge in [-0.1, -0.05) is 6.07 Å². The van der Waals surface area contributed by atoms with Crippen molar-refractivity contribution in [2.24, 2.45) is 0 Å². The van der Waals surface area contributed by atoms with Gasteiger partial charge in [-0.2, -0.15) is 0 Å². The van der Waals surface area contributed by atoms with E-state index in [1.165, 1.54) is 30.5 Å². The zero-order valence-electron chi connectivity index (χ0n) is 12.0. The first-order valence-electron chi connectivity index (χ1n) is 6.82. The number of alkyl halides is 2. The lowest BCUT2D eigenvalue weighted by atomic mass is 9.81. The van der Waals surface area contributed by atoms with Gasteiger partial charge in [-0.05, 0) is 42.2 Å². The molecule has 0 spiro atoms. The number of benzene rings is 1. The highest BCUT2D eigenvalue weighted by molar-refractivity contribution is 6.58. The van der Waals surface area contributed by atoms with Crippen molar-refractivity contribution in [3.8, 4) is 11.5 Å². The quantitative estimate of drug-likeness (QED) is 0.735. The number of aromatic nitrogens is 1. The number of pyridine rings is 1. The van der Waals surface area contributed by atoms with Crippen LogP contribution in [0.5, 0.6) is 11.5 Å². The first-order chi connectivity index (χ1) is 10.8. The summed E-state index contributed by atoms with van der Waals surface area (Å²) in [7, 11) is -1.60.